The van der Waals surface area contributed by atoms with Crippen LogP contribution in [0.4, 0.5) is 0 Å². The predicted octanol–water partition coefficient (Wildman–Crippen LogP) is 2.55. The highest BCUT2D eigenvalue weighted by molar-refractivity contribution is 5.93. The summed E-state index contributed by atoms with van der Waals surface area (Å²) >= 11 is 0. The molecule has 0 aliphatic carbocycles. The number of hydrogen-bond acceptors (Lipinski definition) is 3. The number of aromatic nitrogens is 2. The predicted molar refractivity (Wildman–Crippen MR) is 86.7 cm³/mol. The highest BCUT2D eigenvalue weighted by Gasteiger charge is 2.24. The molecule has 6 nitrogen and oxygen atoms in total. The topological polar surface area (TPSA) is 84.2 Å². The van der Waals surface area contributed by atoms with E-state index in [1.807, 2.05) is 37.3 Å². The summed E-state index contributed by atoms with van der Waals surface area (Å²) in [7, 11) is 0. The van der Waals surface area contributed by atoms with E-state index in [-0.39, 0.29) is 12.3 Å². The van der Waals surface area contributed by atoms with Crippen LogP contribution in [0.2, 0.25) is 0 Å². The van der Waals surface area contributed by atoms with Gasteiger partial charge in [-0.3, -0.25) is 9.59 Å². The highest BCUT2D eigenvalue weighted by atomic mass is 16.4. The van der Waals surface area contributed by atoms with Gasteiger partial charge in [0.2, 0.25) is 0 Å². The minimum atomic E-state index is -0.878. The fourth-order valence-electron chi connectivity index (χ4n) is 2.27. The molecule has 0 bridgehead atoms. The van der Waals surface area contributed by atoms with Gasteiger partial charge in [0.1, 0.15) is 0 Å². The number of carboxylic acid groups (broad SMARTS) is 1. The molecule has 2 rings (SSSR count). The molecular formula is C17H21N3O3. The van der Waals surface area contributed by atoms with Crippen LogP contribution in [-0.2, 0) is 4.79 Å². The Morgan fingerprint density at radius 2 is 1.91 bits per heavy atom. The van der Waals surface area contributed by atoms with Gasteiger partial charge in [-0.15, -0.1) is 0 Å². The van der Waals surface area contributed by atoms with Crippen molar-refractivity contribution in [3.05, 3.63) is 47.8 Å². The van der Waals surface area contributed by atoms with Crippen molar-refractivity contribution in [3.8, 4) is 5.69 Å². The summed E-state index contributed by atoms with van der Waals surface area (Å²) in [5.41, 5.74) is 1.44. The van der Waals surface area contributed by atoms with Crippen molar-refractivity contribution in [1.82, 2.24) is 15.1 Å². The maximum atomic E-state index is 12.4. The van der Waals surface area contributed by atoms with Gasteiger partial charge >= 0.3 is 5.97 Å². The average molecular weight is 315 g/mol. The van der Waals surface area contributed by atoms with E-state index < -0.39 is 11.5 Å². The van der Waals surface area contributed by atoms with E-state index in [0.29, 0.717) is 12.1 Å². The fourth-order valence-corrected chi connectivity index (χ4v) is 2.27. The first-order valence-electron chi connectivity index (χ1n) is 7.45. The van der Waals surface area contributed by atoms with Gasteiger partial charge in [0.05, 0.1) is 5.69 Å². The molecule has 0 fully saturated rings. The third-order valence-electron chi connectivity index (χ3n) is 3.54. The van der Waals surface area contributed by atoms with Crippen LogP contribution in [0.25, 0.3) is 5.69 Å². The Balaban J connectivity index is 2.13. The van der Waals surface area contributed by atoms with E-state index in [1.165, 1.54) is 0 Å². The van der Waals surface area contributed by atoms with Crippen LogP contribution in [0.1, 0.15) is 42.9 Å². The molecule has 2 N–H and O–H groups in total. The number of benzene rings is 1. The third kappa shape index (κ3) is 4.42. The van der Waals surface area contributed by atoms with Gasteiger partial charge < -0.3 is 10.4 Å². The zero-order valence-electron chi connectivity index (χ0n) is 13.5. The summed E-state index contributed by atoms with van der Waals surface area (Å²) in [5, 5.41) is 16.0. The number of aryl methyl sites for hydroxylation is 1. The molecule has 0 aliphatic rings. The second-order valence-corrected chi connectivity index (χ2v) is 6.15. The molecule has 0 saturated carbocycles. The summed E-state index contributed by atoms with van der Waals surface area (Å²) in [6, 6.07) is 11.3. The average Bonchev–Trinajstić information content (AvgIpc) is 2.88. The SMILES string of the molecule is Cc1cc(C(=O)NC(C)(C)CCC(=O)O)nn1-c1ccccc1. The molecule has 0 unspecified atom stereocenters. The van der Waals surface area contributed by atoms with Crippen LogP contribution in [0.5, 0.6) is 0 Å². The Labute approximate surface area is 135 Å². The van der Waals surface area contributed by atoms with Crippen LogP contribution < -0.4 is 5.32 Å². The van der Waals surface area contributed by atoms with Gasteiger partial charge in [-0.1, -0.05) is 18.2 Å². The molecular weight excluding hydrogens is 294 g/mol. The first-order chi connectivity index (χ1) is 10.8. The van der Waals surface area contributed by atoms with Crippen molar-refractivity contribution >= 4 is 11.9 Å². The number of rotatable bonds is 6. The van der Waals surface area contributed by atoms with Crippen LogP contribution in [0.3, 0.4) is 0 Å². The smallest absolute Gasteiger partial charge is 0.303 e. The minimum absolute atomic E-state index is 0.00473. The number of nitrogens with zero attached hydrogens (tertiary/aromatic N) is 2. The van der Waals surface area contributed by atoms with Crippen molar-refractivity contribution in [3.63, 3.8) is 0 Å². The monoisotopic (exact) mass is 315 g/mol. The molecule has 0 spiro atoms. The van der Waals surface area contributed by atoms with E-state index >= 15 is 0 Å². The zero-order valence-corrected chi connectivity index (χ0v) is 13.5. The number of carbonyl (C=O) groups excluding carboxylic acids is 1. The lowest BCUT2D eigenvalue weighted by molar-refractivity contribution is -0.137. The van der Waals surface area contributed by atoms with Gasteiger partial charge in [0.25, 0.3) is 5.91 Å². The van der Waals surface area contributed by atoms with Gasteiger partial charge in [-0.05, 0) is 45.4 Å². The minimum Gasteiger partial charge on any atom is -0.481 e. The van der Waals surface area contributed by atoms with E-state index in [1.54, 1.807) is 24.6 Å². The number of hydrogen-bond donors (Lipinski definition) is 2. The van der Waals surface area contributed by atoms with Crippen LogP contribution in [0, 0.1) is 6.92 Å². The van der Waals surface area contributed by atoms with Crippen molar-refractivity contribution in [1.29, 1.82) is 0 Å². The fraction of sp³-hybridized carbons (Fsp3) is 0.353. The number of carboxylic acids is 1. The number of aliphatic carboxylic acids is 1. The van der Waals surface area contributed by atoms with Gasteiger partial charge in [0.15, 0.2) is 5.69 Å². The first kappa shape index (κ1) is 16.7. The Morgan fingerprint density at radius 1 is 1.26 bits per heavy atom. The molecule has 2 aromatic rings. The molecule has 122 valence electrons. The van der Waals surface area contributed by atoms with E-state index in [2.05, 4.69) is 10.4 Å². The zero-order chi connectivity index (χ0) is 17.0. The summed E-state index contributed by atoms with van der Waals surface area (Å²) in [5.74, 6) is -1.19. The second-order valence-electron chi connectivity index (χ2n) is 6.15. The number of para-hydroxylation sites is 1. The lowest BCUT2D eigenvalue weighted by Crippen LogP contribution is -2.43. The van der Waals surface area contributed by atoms with Crippen molar-refractivity contribution < 1.29 is 14.7 Å². The molecule has 1 aromatic heterocycles. The molecule has 1 heterocycles. The molecule has 0 atom stereocenters. The van der Waals surface area contributed by atoms with E-state index in [0.717, 1.165) is 11.4 Å². The summed E-state index contributed by atoms with van der Waals surface area (Å²) in [6.45, 7) is 5.48. The summed E-state index contributed by atoms with van der Waals surface area (Å²) in [6.07, 6.45) is 0.358. The maximum Gasteiger partial charge on any atom is 0.303 e. The quantitative estimate of drug-likeness (QED) is 0.858. The molecule has 0 radical (unpaired) electrons. The molecule has 6 heteroatoms. The Bertz CT molecular complexity index is 705. The van der Waals surface area contributed by atoms with Crippen molar-refractivity contribution in [2.75, 3.05) is 0 Å². The molecule has 23 heavy (non-hydrogen) atoms. The number of carbonyl (C=O) groups is 2. The third-order valence-corrected chi connectivity index (χ3v) is 3.54. The normalized spacial score (nSPS) is 11.3. The summed E-state index contributed by atoms with van der Waals surface area (Å²) in [4.78, 5) is 23.0. The Kier molecular flexibility index (Phi) is 4.83. The van der Waals surface area contributed by atoms with Crippen molar-refractivity contribution in [2.45, 2.75) is 39.2 Å². The largest absolute Gasteiger partial charge is 0.481 e. The Morgan fingerprint density at radius 3 is 2.52 bits per heavy atom. The molecule has 0 aliphatic heterocycles. The van der Waals surface area contributed by atoms with Gasteiger partial charge in [-0.2, -0.15) is 5.10 Å². The maximum absolute atomic E-state index is 12.4. The molecule has 1 aromatic carbocycles. The standard InChI is InChI=1S/C17H21N3O3/c1-12-11-14(19-20(12)13-7-5-4-6-8-13)16(23)18-17(2,3)10-9-15(21)22/h4-8,11H,9-10H2,1-3H3,(H,18,23)(H,21,22). The van der Waals surface area contributed by atoms with Crippen LogP contribution in [-0.4, -0.2) is 32.3 Å². The molecule has 0 saturated heterocycles. The summed E-state index contributed by atoms with van der Waals surface area (Å²) < 4.78 is 1.71. The molecule has 1 amide bonds. The van der Waals surface area contributed by atoms with Gasteiger partial charge in [-0.25, -0.2) is 4.68 Å². The van der Waals surface area contributed by atoms with Gasteiger partial charge in [0, 0.05) is 17.7 Å². The lowest BCUT2D eigenvalue weighted by atomic mass is 9.98. The van der Waals surface area contributed by atoms with E-state index in [9.17, 15) is 9.59 Å². The van der Waals surface area contributed by atoms with E-state index in [4.69, 9.17) is 5.11 Å². The van der Waals surface area contributed by atoms with Crippen LogP contribution >= 0.6 is 0 Å². The number of nitrogens with one attached hydrogen (secondary N) is 1. The second kappa shape index (κ2) is 6.64. The number of amides is 1. The van der Waals surface area contributed by atoms with Crippen molar-refractivity contribution in [2.24, 2.45) is 0 Å². The first-order valence-corrected chi connectivity index (χ1v) is 7.45. The highest BCUT2D eigenvalue weighted by Crippen LogP contribution is 2.15. The van der Waals surface area contributed by atoms with Crippen LogP contribution in [0.15, 0.2) is 36.4 Å². The Hall–Kier alpha value is -2.63. The lowest BCUT2D eigenvalue weighted by Gasteiger charge is -2.25.